The molecular weight excluding hydrogens is 242 g/mol. The van der Waals surface area contributed by atoms with Gasteiger partial charge in [0.25, 0.3) is 0 Å². The van der Waals surface area contributed by atoms with Crippen molar-refractivity contribution in [1.82, 2.24) is 4.90 Å². The smallest absolute Gasteiger partial charge is 0.329 e. The maximum atomic E-state index is 11.7. The van der Waals surface area contributed by atoms with Gasteiger partial charge in [-0.2, -0.15) is 0 Å². The van der Waals surface area contributed by atoms with Crippen molar-refractivity contribution in [2.45, 2.75) is 20.3 Å². The van der Waals surface area contributed by atoms with E-state index in [2.05, 4.69) is 4.74 Å². The highest BCUT2D eigenvalue weighted by Gasteiger charge is 2.17. The normalized spacial score (nSPS) is 9.89. The Bertz CT molecular complexity index is 291. The molecule has 0 aromatic rings. The Morgan fingerprint density at radius 2 is 1.83 bits per heavy atom. The van der Waals surface area contributed by atoms with E-state index in [0.717, 1.165) is 0 Å². The minimum Gasteiger partial charge on any atom is -0.480 e. The molecule has 0 unspecified atom stereocenters. The van der Waals surface area contributed by atoms with Crippen LogP contribution in [-0.4, -0.2) is 60.8 Å². The molecule has 1 amide bonds. The van der Waals surface area contributed by atoms with Crippen molar-refractivity contribution in [2.24, 2.45) is 0 Å². The molecule has 1 N–H and O–H groups in total. The molecule has 104 valence electrons. The lowest BCUT2D eigenvalue weighted by atomic mass is 10.4. The fourth-order valence-electron chi connectivity index (χ4n) is 1.24. The van der Waals surface area contributed by atoms with Crippen molar-refractivity contribution in [3.05, 3.63) is 0 Å². The summed E-state index contributed by atoms with van der Waals surface area (Å²) in [5.74, 6) is -2.06. The zero-order chi connectivity index (χ0) is 14.0. The van der Waals surface area contributed by atoms with Gasteiger partial charge in [0, 0.05) is 6.54 Å². The van der Waals surface area contributed by atoms with E-state index < -0.39 is 24.5 Å². The van der Waals surface area contributed by atoms with Gasteiger partial charge in [-0.25, -0.2) is 4.79 Å². The molecule has 0 radical (unpaired) electrons. The van der Waals surface area contributed by atoms with E-state index >= 15 is 0 Å². The molecule has 7 heteroatoms. The quantitative estimate of drug-likeness (QED) is 0.582. The first kappa shape index (κ1) is 16.4. The number of aliphatic carboxylic acids is 1. The molecule has 0 saturated carbocycles. The Kier molecular flexibility index (Phi) is 8.55. The summed E-state index contributed by atoms with van der Waals surface area (Å²) >= 11 is 0. The molecule has 18 heavy (non-hydrogen) atoms. The molecule has 0 rings (SSSR count). The fourth-order valence-corrected chi connectivity index (χ4v) is 1.24. The predicted octanol–water partition coefficient (Wildman–Crippen LogP) is -0.111. The minimum atomic E-state index is -1.14. The highest BCUT2D eigenvalue weighted by atomic mass is 16.5. The summed E-state index contributed by atoms with van der Waals surface area (Å²) in [6.45, 7) is 3.16. The monoisotopic (exact) mass is 261 g/mol. The first-order valence-corrected chi connectivity index (χ1v) is 5.74. The van der Waals surface area contributed by atoms with E-state index in [9.17, 15) is 14.4 Å². The van der Waals surface area contributed by atoms with Gasteiger partial charge >= 0.3 is 11.9 Å². The summed E-state index contributed by atoms with van der Waals surface area (Å²) in [7, 11) is 0. The number of amides is 1. The average molecular weight is 261 g/mol. The first-order valence-electron chi connectivity index (χ1n) is 5.74. The van der Waals surface area contributed by atoms with Gasteiger partial charge in [-0.05, 0) is 13.3 Å². The van der Waals surface area contributed by atoms with Crippen molar-refractivity contribution >= 4 is 17.8 Å². The zero-order valence-corrected chi connectivity index (χ0v) is 10.7. The van der Waals surface area contributed by atoms with E-state index in [1.54, 1.807) is 6.92 Å². The Hall–Kier alpha value is -1.63. The molecule has 0 atom stereocenters. The lowest BCUT2D eigenvalue weighted by Gasteiger charge is -2.20. The number of nitrogens with zero attached hydrogens (tertiary/aromatic N) is 1. The van der Waals surface area contributed by atoms with Crippen LogP contribution >= 0.6 is 0 Å². The molecule has 7 nitrogen and oxygen atoms in total. The third-order valence-corrected chi connectivity index (χ3v) is 1.92. The number of carboxylic acids is 1. The SMILES string of the molecule is CCCN(CC(=O)OCC)C(=O)COCC(=O)O. The van der Waals surface area contributed by atoms with Gasteiger partial charge in [0.1, 0.15) is 19.8 Å². The van der Waals surface area contributed by atoms with Gasteiger partial charge in [-0.1, -0.05) is 6.92 Å². The van der Waals surface area contributed by atoms with Gasteiger partial charge in [-0.15, -0.1) is 0 Å². The highest BCUT2D eigenvalue weighted by molar-refractivity contribution is 5.83. The van der Waals surface area contributed by atoms with Gasteiger partial charge in [0.05, 0.1) is 6.61 Å². The van der Waals surface area contributed by atoms with Crippen molar-refractivity contribution in [2.75, 3.05) is 32.9 Å². The van der Waals surface area contributed by atoms with Crippen molar-refractivity contribution in [1.29, 1.82) is 0 Å². The maximum Gasteiger partial charge on any atom is 0.329 e. The highest BCUT2D eigenvalue weighted by Crippen LogP contribution is 1.96. The largest absolute Gasteiger partial charge is 0.480 e. The van der Waals surface area contributed by atoms with Crippen molar-refractivity contribution < 1.29 is 29.0 Å². The number of esters is 1. The van der Waals surface area contributed by atoms with E-state index in [-0.39, 0.29) is 19.8 Å². The molecule has 0 aromatic heterocycles. The van der Waals surface area contributed by atoms with Crippen LogP contribution in [0, 0.1) is 0 Å². The topological polar surface area (TPSA) is 93.1 Å². The third-order valence-electron chi connectivity index (χ3n) is 1.92. The van der Waals surface area contributed by atoms with Crippen LogP contribution in [-0.2, 0) is 23.9 Å². The lowest BCUT2D eigenvalue weighted by Crippen LogP contribution is -2.39. The number of carbonyl (C=O) groups excluding carboxylic acids is 2. The van der Waals surface area contributed by atoms with Crippen LogP contribution in [0.4, 0.5) is 0 Å². The summed E-state index contributed by atoms with van der Waals surface area (Å²) in [5, 5.41) is 8.36. The number of carboxylic acid groups (broad SMARTS) is 1. The number of hydrogen-bond donors (Lipinski definition) is 1. The molecular formula is C11H19NO6. The molecule has 0 spiro atoms. The van der Waals surface area contributed by atoms with Gasteiger partial charge in [0.15, 0.2) is 0 Å². The van der Waals surface area contributed by atoms with E-state index in [1.807, 2.05) is 6.92 Å². The Morgan fingerprint density at radius 1 is 1.17 bits per heavy atom. The predicted molar refractivity (Wildman–Crippen MR) is 62.0 cm³/mol. The van der Waals surface area contributed by atoms with Crippen LogP contribution in [0.1, 0.15) is 20.3 Å². The number of carbonyl (C=O) groups is 3. The molecule has 0 aromatic carbocycles. The molecule has 0 saturated heterocycles. The zero-order valence-electron chi connectivity index (χ0n) is 10.7. The molecule has 0 aliphatic heterocycles. The lowest BCUT2D eigenvalue weighted by molar-refractivity contribution is -0.152. The standard InChI is InChI=1S/C11H19NO6/c1-3-5-12(6-11(16)18-4-2)9(13)7-17-8-10(14)15/h3-8H2,1-2H3,(H,14,15). The second-order valence-electron chi connectivity index (χ2n) is 3.51. The Labute approximate surface area is 106 Å². The van der Waals surface area contributed by atoms with Crippen LogP contribution in [0.3, 0.4) is 0 Å². The van der Waals surface area contributed by atoms with E-state index in [0.29, 0.717) is 13.0 Å². The van der Waals surface area contributed by atoms with Crippen molar-refractivity contribution in [3.8, 4) is 0 Å². The van der Waals surface area contributed by atoms with E-state index in [1.165, 1.54) is 4.90 Å². The van der Waals surface area contributed by atoms with Crippen LogP contribution in [0.5, 0.6) is 0 Å². The number of ether oxygens (including phenoxy) is 2. The second-order valence-corrected chi connectivity index (χ2v) is 3.51. The second kappa shape index (κ2) is 9.41. The Balaban J connectivity index is 4.17. The molecule has 0 aliphatic carbocycles. The summed E-state index contributed by atoms with van der Waals surface area (Å²) in [4.78, 5) is 34.4. The van der Waals surface area contributed by atoms with Crippen LogP contribution in [0.15, 0.2) is 0 Å². The van der Waals surface area contributed by atoms with Crippen LogP contribution < -0.4 is 0 Å². The minimum absolute atomic E-state index is 0.142. The maximum absolute atomic E-state index is 11.7. The molecule has 0 heterocycles. The molecule has 0 aliphatic rings. The molecule has 0 bridgehead atoms. The summed E-state index contributed by atoms with van der Waals surface area (Å²) in [6, 6.07) is 0. The van der Waals surface area contributed by atoms with E-state index in [4.69, 9.17) is 9.84 Å². The third kappa shape index (κ3) is 7.61. The van der Waals surface area contributed by atoms with Gasteiger partial charge in [0.2, 0.25) is 5.91 Å². The number of hydrogen-bond acceptors (Lipinski definition) is 5. The summed E-state index contributed by atoms with van der Waals surface area (Å²) in [5.41, 5.74) is 0. The summed E-state index contributed by atoms with van der Waals surface area (Å²) in [6.07, 6.45) is 0.685. The summed E-state index contributed by atoms with van der Waals surface area (Å²) < 4.78 is 9.43. The first-order chi connectivity index (χ1) is 8.51. The fraction of sp³-hybridized carbons (Fsp3) is 0.727. The number of rotatable bonds is 9. The van der Waals surface area contributed by atoms with Gasteiger partial charge < -0.3 is 19.5 Å². The van der Waals surface area contributed by atoms with Gasteiger partial charge in [-0.3, -0.25) is 9.59 Å². The van der Waals surface area contributed by atoms with Crippen LogP contribution in [0.2, 0.25) is 0 Å². The Morgan fingerprint density at radius 3 is 2.33 bits per heavy atom. The molecule has 0 fully saturated rings. The van der Waals surface area contributed by atoms with Crippen molar-refractivity contribution in [3.63, 3.8) is 0 Å². The average Bonchev–Trinajstić information content (AvgIpc) is 2.28. The van der Waals surface area contributed by atoms with Crippen LogP contribution in [0.25, 0.3) is 0 Å².